The third-order valence-electron chi connectivity index (χ3n) is 7.51. The predicted molar refractivity (Wildman–Crippen MR) is 149 cm³/mol. The predicted octanol–water partition coefficient (Wildman–Crippen LogP) is 5.49. The molecular weight excluding hydrogens is 561 g/mol. The molecule has 0 saturated carbocycles. The number of fused-ring (bicyclic) bond motifs is 1. The summed E-state index contributed by atoms with van der Waals surface area (Å²) in [5.74, 6) is -0.0110. The molecule has 0 radical (unpaired) electrons. The Kier molecular flexibility index (Phi) is 7.76. The molecule has 2 unspecified atom stereocenters. The maximum Gasteiger partial charge on any atom is 0.182 e. The number of ether oxygens (including phenoxy) is 2. The molecule has 8 nitrogen and oxygen atoms in total. The third-order valence-corrected chi connectivity index (χ3v) is 7.93. The number of hydrogen-bond donors (Lipinski definition) is 0. The summed E-state index contributed by atoms with van der Waals surface area (Å²) >= 11 is 11.9. The molecule has 2 aliphatic heterocycles. The van der Waals surface area contributed by atoms with Crippen LogP contribution >= 0.6 is 23.2 Å². The summed E-state index contributed by atoms with van der Waals surface area (Å²) in [7, 11) is 0. The fraction of sp³-hybridized carbons (Fsp3) is 0.393. The van der Waals surface area contributed by atoms with Crippen LogP contribution in [0.5, 0.6) is 5.75 Å². The van der Waals surface area contributed by atoms with Gasteiger partial charge in [0.1, 0.15) is 23.8 Å². The highest BCUT2D eigenvalue weighted by Crippen LogP contribution is 2.29. The molecule has 0 bridgehead atoms. The maximum absolute atomic E-state index is 14.6. The Morgan fingerprint density at radius 3 is 2.65 bits per heavy atom. The molecule has 2 fully saturated rings. The second kappa shape index (κ2) is 11.4. The van der Waals surface area contributed by atoms with Crippen molar-refractivity contribution in [1.29, 1.82) is 0 Å². The van der Waals surface area contributed by atoms with Crippen molar-refractivity contribution in [2.45, 2.75) is 45.2 Å². The number of benzene rings is 2. The average molecular weight is 589 g/mol. The molecule has 2 atom stereocenters. The molecular formula is C28H28Cl2F2N6O2. The van der Waals surface area contributed by atoms with Gasteiger partial charge in [-0.2, -0.15) is 0 Å². The number of rotatable bonds is 8. The maximum atomic E-state index is 14.6. The first-order chi connectivity index (χ1) is 19.3. The quantitative estimate of drug-likeness (QED) is 0.269. The molecule has 0 N–H and O–H groups in total. The smallest absolute Gasteiger partial charge is 0.182 e. The van der Waals surface area contributed by atoms with Crippen molar-refractivity contribution < 1.29 is 18.3 Å². The Morgan fingerprint density at radius 2 is 1.90 bits per heavy atom. The van der Waals surface area contributed by atoms with Crippen LogP contribution in [0.4, 0.5) is 14.5 Å². The van der Waals surface area contributed by atoms with E-state index in [1.54, 1.807) is 24.3 Å². The molecule has 4 aromatic rings. The molecule has 0 spiro atoms. The molecule has 0 amide bonds. The highest BCUT2D eigenvalue weighted by molar-refractivity contribution is 6.30. The van der Waals surface area contributed by atoms with Gasteiger partial charge in [0.25, 0.3) is 0 Å². The summed E-state index contributed by atoms with van der Waals surface area (Å²) in [4.78, 5) is 9.41. The van der Waals surface area contributed by atoms with Gasteiger partial charge in [0, 0.05) is 60.7 Å². The minimum absolute atomic E-state index is 0.0774. The van der Waals surface area contributed by atoms with Crippen molar-refractivity contribution in [3.05, 3.63) is 75.7 Å². The lowest BCUT2D eigenvalue weighted by molar-refractivity contribution is -0.0593. The van der Waals surface area contributed by atoms with Crippen molar-refractivity contribution in [3.63, 3.8) is 0 Å². The Bertz CT molecular complexity index is 1530. The minimum atomic E-state index is -0.498. The zero-order valence-electron chi connectivity index (χ0n) is 21.9. The standard InChI is InChI=1S/C28H28Cl2F2N6O2/c1-17-13-37(20-4-5-22(31)25(11-20)40-16-18-2-3-19(29)10-23(18)32)8-7-36(17)15-27-33-24-12-26(30)34-35-28(24)38(27)14-21-6-9-39-21/h2-5,10-12,17,21H,6-9,13-16H2,1H3. The number of nitrogens with zero attached hydrogens (tertiary/aromatic N) is 6. The van der Waals surface area contributed by atoms with E-state index in [1.807, 2.05) is 0 Å². The van der Waals surface area contributed by atoms with E-state index >= 15 is 0 Å². The van der Waals surface area contributed by atoms with Crippen molar-refractivity contribution >= 4 is 40.1 Å². The van der Waals surface area contributed by atoms with Gasteiger partial charge in [-0.3, -0.25) is 4.90 Å². The normalized spacial score (nSPS) is 19.7. The van der Waals surface area contributed by atoms with E-state index in [-0.39, 0.29) is 24.5 Å². The summed E-state index contributed by atoms with van der Waals surface area (Å²) in [6.45, 7) is 6.39. The summed E-state index contributed by atoms with van der Waals surface area (Å²) in [6.07, 6.45) is 1.15. The first kappa shape index (κ1) is 27.1. The van der Waals surface area contributed by atoms with E-state index in [0.717, 1.165) is 49.7 Å². The van der Waals surface area contributed by atoms with Crippen LogP contribution < -0.4 is 9.64 Å². The van der Waals surface area contributed by atoms with Crippen LogP contribution in [0.1, 0.15) is 24.7 Å². The number of imidazole rings is 1. The minimum Gasteiger partial charge on any atom is -0.486 e. The Hall–Kier alpha value is -3.05. The number of aromatic nitrogens is 4. The topological polar surface area (TPSA) is 68.5 Å². The van der Waals surface area contributed by atoms with Gasteiger partial charge < -0.3 is 18.9 Å². The van der Waals surface area contributed by atoms with Gasteiger partial charge in [-0.25, -0.2) is 13.8 Å². The highest BCUT2D eigenvalue weighted by Gasteiger charge is 2.28. The lowest BCUT2D eigenvalue weighted by Gasteiger charge is -2.41. The first-order valence-electron chi connectivity index (χ1n) is 13.2. The van der Waals surface area contributed by atoms with Crippen LogP contribution in [0, 0.1) is 11.6 Å². The van der Waals surface area contributed by atoms with Crippen LogP contribution in [-0.4, -0.2) is 63.0 Å². The zero-order valence-corrected chi connectivity index (χ0v) is 23.4. The molecule has 210 valence electrons. The van der Waals surface area contributed by atoms with Crippen LogP contribution in [0.15, 0.2) is 42.5 Å². The van der Waals surface area contributed by atoms with Gasteiger partial charge in [-0.1, -0.05) is 29.3 Å². The number of anilines is 1. The van der Waals surface area contributed by atoms with Gasteiger partial charge >= 0.3 is 0 Å². The van der Waals surface area contributed by atoms with Crippen molar-refractivity contribution in [2.75, 3.05) is 31.1 Å². The molecule has 2 aromatic heterocycles. The fourth-order valence-electron chi connectivity index (χ4n) is 5.13. The Labute approximate surface area is 240 Å². The second-order valence-corrected chi connectivity index (χ2v) is 11.0. The van der Waals surface area contributed by atoms with Crippen LogP contribution in [-0.2, 0) is 24.4 Å². The van der Waals surface area contributed by atoms with Gasteiger partial charge in [0.2, 0.25) is 0 Å². The monoisotopic (exact) mass is 588 g/mol. The van der Waals surface area contributed by atoms with E-state index < -0.39 is 11.6 Å². The highest BCUT2D eigenvalue weighted by atomic mass is 35.5. The molecule has 40 heavy (non-hydrogen) atoms. The van der Waals surface area contributed by atoms with E-state index in [1.165, 1.54) is 18.2 Å². The molecule has 2 aliphatic rings. The Morgan fingerprint density at radius 1 is 1.05 bits per heavy atom. The fourth-order valence-corrected chi connectivity index (χ4v) is 5.43. The van der Waals surface area contributed by atoms with Crippen LogP contribution in [0.3, 0.4) is 0 Å². The summed E-state index contributed by atoms with van der Waals surface area (Å²) in [5.41, 5.74) is 2.58. The van der Waals surface area contributed by atoms with Crippen molar-refractivity contribution in [1.82, 2.24) is 24.6 Å². The molecule has 2 aromatic carbocycles. The van der Waals surface area contributed by atoms with Crippen molar-refractivity contribution in [3.8, 4) is 5.75 Å². The Balaban J connectivity index is 1.14. The summed E-state index contributed by atoms with van der Waals surface area (Å²) in [6, 6.07) is 11.1. The largest absolute Gasteiger partial charge is 0.486 e. The van der Waals surface area contributed by atoms with Gasteiger partial charge in [-0.15, -0.1) is 10.2 Å². The lowest BCUT2D eigenvalue weighted by Crippen LogP contribution is -2.51. The number of hydrogen-bond acceptors (Lipinski definition) is 7. The molecule has 6 rings (SSSR count). The van der Waals surface area contributed by atoms with E-state index in [0.29, 0.717) is 34.5 Å². The third kappa shape index (κ3) is 5.72. The second-order valence-electron chi connectivity index (χ2n) is 10.2. The lowest BCUT2D eigenvalue weighted by atomic mass is 10.1. The zero-order chi connectivity index (χ0) is 27.8. The van der Waals surface area contributed by atoms with Crippen LogP contribution in [0.2, 0.25) is 10.2 Å². The molecule has 4 heterocycles. The first-order valence-corrected chi connectivity index (χ1v) is 13.9. The summed E-state index contributed by atoms with van der Waals surface area (Å²) in [5, 5.41) is 8.93. The van der Waals surface area contributed by atoms with Crippen molar-refractivity contribution in [2.24, 2.45) is 0 Å². The van der Waals surface area contributed by atoms with Gasteiger partial charge in [0.15, 0.2) is 22.4 Å². The van der Waals surface area contributed by atoms with E-state index in [4.69, 9.17) is 37.7 Å². The average Bonchev–Trinajstić information content (AvgIpc) is 3.23. The molecule has 12 heteroatoms. The van der Waals surface area contributed by atoms with Gasteiger partial charge in [0.05, 0.1) is 19.2 Å². The van der Waals surface area contributed by atoms with E-state index in [2.05, 4.69) is 31.5 Å². The molecule has 2 saturated heterocycles. The van der Waals surface area contributed by atoms with E-state index in [9.17, 15) is 8.78 Å². The number of piperazine rings is 1. The number of halogens is 4. The van der Waals surface area contributed by atoms with Crippen LogP contribution in [0.25, 0.3) is 11.2 Å². The van der Waals surface area contributed by atoms with Gasteiger partial charge in [-0.05, 0) is 37.6 Å². The molecule has 0 aliphatic carbocycles. The summed E-state index contributed by atoms with van der Waals surface area (Å²) < 4.78 is 42.1. The SMILES string of the molecule is CC1CN(c2ccc(F)c(OCc3ccc(Cl)cc3F)c2)CCN1Cc1nc2cc(Cl)nnc2n1CC1CCO1.